The predicted octanol–water partition coefficient (Wildman–Crippen LogP) is 0.923. The maximum Gasteiger partial charge on any atom is 0.270 e. The predicted molar refractivity (Wildman–Crippen MR) is 70.5 cm³/mol. The molecule has 2 aromatic rings. The second-order valence-corrected chi connectivity index (χ2v) is 5.15. The molecule has 0 bridgehead atoms. The summed E-state index contributed by atoms with van der Waals surface area (Å²) in [6, 6.07) is 3.92. The summed E-state index contributed by atoms with van der Waals surface area (Å²) in [5.41, 5.74) is 3.72. The molecular formula is C14H17N3O2. The molecule has 1 aliphatic carbocycles. The van der Waals surface area contributed by atoms with E-state index in [0.717, 1.165) is 24.8 Å². The standard InChI is InChI=1S/C14H17N3O2/c1-2-14-15-12-7-10-5-9(3-4-18)6-11(10)8-13(12)17(19)16-14/h7-9,18H,2-6H2,1H3. The van der Waals surface area contributed by atoms with Gasteiger partial charge in [0.1, 0.15) is 5.52 Å². The monoisotopic (exact) mass is 259 g/mol. The Bertz CT molecular complexity index is 628. The number of aliphatic hydroxyl groups is 1. The third-order valence-electron chi connectivity index (χ3n) is 3.83. The molecule has 1 atom stereocenters. The number of fused-ring (bicyclic) bond motifs is 2. The van der Waals surface area contributed by atoms with Crippen molar-refractivity contribution in [3.8, 4) is 0 Å². The highest BCUT2D eigenvalue weighted by molar-refractivity contribution is 5.73. The maximum absolute atomic E-state index is 11.9. The Hall–Kier alpha value is -1.75. The zero-order valence-corrected chi connectivity index (χ0v) is 11.0. The van der Waals surface area contributed by atoms with Gasteiger partial charge in [0, 0.05) is 24.2 Å². The fourth-order valence-electron chi connectivity index (χ4n) is 2.84. The van der Waals surface area contributed by atoms with Crippen molar-refractivity contribution < 1.29 is 9.95 Å². The van der Waals surface area contributed by atoms with Crippen LogP contribution in [0.25, 0.3) is 11.0 Å². The smallest absolute Gasteiger partial charge is 0.270 e. The van der Waals surface area contributed by atoms with Crippen LogP contribution in [0.1, 0.15) is 30.3 Å². The van der Waals surface area contributed by atoms with Crippen molar-refractivity contribution in [1.82, 2.24) is 10.1 Å². The Labute approximate surface area is 111 Å². The van der Waals surface area contributed by atoms with E-state index in [0.29, 0.717) is 28.5 Å². The number of aliphatic hydroxyl groups excluding tert-OH is 1. The molecule has 1 aromatic heterocycles. The second kappa shape index (κ2) is 4.74. The molecule has 1 aliphatic rings. The van der Waals surface area contributed by atoms with Gasteiger partial charge in [-0.1, -0.05) is 6.92 Å². The van der Waals surface area contributed by atoms with E-state index >= 15 is 0 Å². The Morgan fingerprint density at radius 3 is 2.79 bits per heavy atom. The number of hydrogen-bond donors (Lipinski definition) is 1. The number of benzene rings is 1. The molecule has 100 valence electrons. The first-order valence-electron chi connectivity index (χ1n) is 6.74. The Morgan fingerprint density at radius 1 is 1.37 bits per heavy atom. The Morgan fingerprint density at radius 2 is 2.11 bits per heavy atom. The zero-order chi connectivity index (χ0) is 13.4. The van der Waals surface area contributed by atoms with Gasteiger partial charge in [0.2, 0.25) is 0 Å². The minimum atomic E-state index is 0.222. The van der Waals surface area contributed by atoms with Crippen molar-refractivity contribution in [2.45, 2.75) is 32.6 Å². The summed E-state index contributed by atoms with van der Waals surface area (Å²) >= 11 is 0. The number of aromatic nitrogens is 3. The minimum absolute atomic E-state index is 0.222. The number of hydrogen-bond acceptors (Lipinski definition) is 4. The van der Waals surface area contributed by atoms with E-state index in [2.05, 4.69) is 10.1 Å². The fraction of sp³-hybridized carbons (Fsp3) is 0.500. The molecule has 1 heterocycles. The summed E-state index contributed by atoms with van der Waals surface area (Å²) in [6.45, 7) is 2.16. The van der Waals surface area contributed by atoms with Gasteiger partial charge in [0.25, 0.3) is 5.52 Å². The summed E-state index contributed by atoms with van der Waals surface area (Å²) in [7, 11) is 0. The van der Waals surface area contributed by atoms with Crippen LogP contribution in [0, 0.1) is 11.1 Å². The summed E-state index contributed by atoms with van der Waals surface area (Å²) < 4.78 is 0. The molecule has 19 heavy (non-hydrogen) atoms. The zero-order valence-electron chi connectivity index (χ0n) is 11.0. The van der Waals surface area contributed by atoms with Crippen LogP contribution in [0.15, 0.2) is 12.1 Å². The average Bonchev–Trinajstić information content (AvgIpc) is 2.78. The molecule has 5 heteroatoms. The molecule has 0 saturated heterocycles. The summed E-state index contributed by atoms with van der Waals surface area (Å²) in [6.07, 6.45) is 3.37. The van der Waals surface area contributed by atoms with Crippen LogP contribution in [0.2, 0.25) is 0 Å². The Balaban J connectivity index is 2.07. The van der Waals surface area contributed by atoms with E-state index in [9.17, 15) is 5.21 Å². The molecule has 0 saturated carbocycles. The van der Waals surface area contributed by atoms with Crippen LogP contribution in [0.3, 0.4) is 0 Å². The van der Waals surface area contributed by atoms with Crippen molar-refractivity contribution in [3.05, 3.63) is 34.3 Å². The normalized spacial score (nSPS) is 17.9. The lowest BCUT2D eigenvalue weighted by Gasteiger charge is -2.03. The average molecular weight is 259 g/mol. The highest BCUT2D eigenvalue weighted by atomic mass is 16.5. The van der Waals surface area contributed by atoms with E-state index in [4.69, 9.17) is 5.11 Å². The van der Waals surface area contributed by atoms with Crippen molar-refractivity contribution in [3.63, 3.8) is 0 Å². The van der Waals surface area contributed by atoms with Crippen LogP contribution >= 0.6 is 0 Å². The molecule has 0 radical (unpaired) electrons. The van der Waals surface area contributed by atoms with Crippen LogP contribution in [0.4, 0.5) is 0 Å². The van der Waals surface area contributed by atoms with E-state index < -0.39 is 0 Å². The van der Waals surface area contributed by atoms with Gasteiger partial charge < -0.3 is 10.3 Å². The van der Waals surface area contributed by atoms with Crippen molar-refractivity contribution in [1.29, 1.82) is 0 Å². The van der Waals surface area contributed by atoms with E-state index in [-0.39, 0.29) is 6.61 Å². The van der Waals surface area contributed by atoms with Gasteiger partial charge >= 0.3 is 0 Å². The van der Waals surface area contributed by atoms with Crippen molar-refractivity contribution in [2.24, 2.45) is 5.92 Å². The van der Waals surface area contributed by atoms with Crippen LogP contribution in [-0.4, -0.2) is 21.8 Å². The lowest BCUT2D eigenvalue weighted by Crippen LogP contribution is -2.34. The molecule has 1 unspecified atom stereocenters. The first kappa shape index (κ1) is 12.3. The van der Waals surface area contributed by atoms with Gasteiger partial charge in [0.05, 0.1) is 0 Å². The minimum Gasteiger partial charge on any atom is -0.594 e. The van der Waals surface area contributed by atoms with E-state index in [1.165, 1.54) is 11.1 Å². The Kier molecular flexibility index (Phi) is 3.06. The molecule has 1 N–H and O–H groups in total. The van der Waals surface area contributed by atoms with Gasteiger partial charge in [-0.3, -0.25) is 0 Å². The van der Waals surface area contributed by atoms with Crippen LogP contribution < -0.4 is 4.85 Å². The second-order valence-electron chi connectivity index (χ2n) is 5.15. The first-order valence-corrected chi connectivity index (χ1v) is 6.74. The number of aryl methyl sites for hydroxylation is 1. The third-order valence-corrected chi connectivity index (χ3v) is 3.83. The summed E-state index contributed by atoms with van der Waals surface area (Å²) in [5.74, 6) is 1.06. The molecule has 0 amide bonds. The van der Waals surface area contributed by atoms with E-state index in [1.54, 1.807) is 0 Å². The van der Waals surface area contributed by atoms with Gasteiger partial charge in [-0.25, -0.2) is 4.98 Å². The van der Waals surface area contributed by atoms with Gasteiger partial charge in [-0.15, -0.1) is 0 Å². The van der Waals surface area contributed by atoms with Crippen LogP contribution in [-0.2, 0) is 19.3 Å². The largest absolute Gasteiger partial charge is 0.594 e. The molecule has 1 aromatic carbocycles. The third kappa shape index (κ3) is 2.14. The van der Waals surface area contributed by atoms with Crippen molar-refractivity contribution >= 4 is 11.0 Å². The molecular weight excluding hydrogens is 242 g/mol. The highest BCUT2D eigenvalue weighted by Crippen LogP contribution is 2.30. The van der Waals surface area contributed by atoms with Crippen LogP contribution in [0.5, 0.6) is 0 Å². The SMILES string of the molecule is CCc1nc2cc3c(cc2[n+]([O-])n1)CC(CCO)C3. The van der Waals surface area contributed by atoms with E-state index in [1.807, 2.05) is 19.1 Å². The van der Waals surface area contributed by atoms with Gasteiger partial charge in [-0.2, -0.15) is 0 Å². The lowest BCUT2D eigenvalue weighted by atomic mass is 10.0. The highest BCUT2D eigenvalue weighted by Gasteiger charge is 2.24. The first-order chi connectivity index (χ1) is 9.21. The van der Waals surface area contributed by atoms with Gasteiger partial charge in [0.15, 0.2) is 5.82 Å². The fourth-order valence-corrected chi connectivity index (χ4v) is 2.84. The summed E-state index contributed by atoms with van der Waals surface area (Å²) in [5, 5.41) is 24.8. The topological polar surface area (TPSA) is 73.0 Å². The quantitative estimate of drug-likeness (QED) is 0.657. The maximum atomic E-state index is 11.9. The lowest BCUT2D eigenvalue weighted by molar-refractivity contribution is -0.644. The van der Waals surface area contributed by atoms with Gasteiger partial charge in [-0.05, 0) is 47.2 Å². The molecule has 0 spiro atoms. The number of rotatable bonds is 3. The molecule has 0 aliphatic heterocycles. The number of nitrogens with zero attached hydrogens (tertiary/aromatic N) is 3. The summed E-state index contributed by atoms with van der Waals surface area (Å²) in [4.78, 5) is 5.10. The molecule has 0 fully saturated rings. The molecule has 5 nitrogen and oxygen atoms in total. The van der Waals surface area contributed by atoms with Crippen molar-refractivity contribution in [2.75, 3.05) is 6.61 Å². The molecule has 3 rings (SSSR count).